The van der Waals surface area contributed by atoms with Gasteiger partial charge in [-0.05, 0) is 36.2 Å². The van der Waals surface area contributed by atoms with E-state index in [4.69, 9.17) is 11.6 Å². The number of nitrogens with zero attached hydrogens (tertiary/aromatic N) is 3. The second kappa shape index (κ2) is 7.15. The number of imidazole rings is 1. The fraction of sp³-hybridized carbons (Fsp3) is 0.263. The van der Waals surface area contributed by atoms with E-state index in [-0.39, 0.29) is 5.91 Å². The van der Waals surface area contributed by atoms with Crippen LogP contribution < -0.4 is 10.2 Å². The van der Waals surface area contributed by atoms with Crippen molar-refractivity contribution >= 4 is 28.8 Å². The van der Waals surface area contributed by atoms with E-state index < -0.39 is 0 Å². The van der Waals surface area contributed by atoms with Crippen LogP contribution in [0, 0.1) is 0 Å². The third-order valence-electron chi connectivity index (χ3n) is 4.11. The highest BCUT2D eigenvalue weighted by Crippen LogP contribution is 2.18. The number of halogens is 1. The Hall–Kier alpha value is -2.53. The molecule has 0 saturated heterocycles. The van der Waals surface area contributed by atoms with Crippen LogP contribution in [0.4, 0.5) is 5.69 Å². The van der Waals surface area contributed by atoms with E-state index in [2.05, 4.69) is 10.3 Å². The Balaban J connectivity index is 1.81. The molecule has 1 amide bonds. The van der Waals surface area contributed by atoms with Gasteiger partial charge in [0, 0.05) is 32.5 Å². The van der Waals surface area contributed by atoms with Gasteiger partial charge in [-0.3, -0.25) is 9.20 Å². The number of rotatable bonds is 5. The van der Waals surface area contributed by atoms with E-state index in [0.717, 1.165) is 22.6 Å². The van der Waals surface area contributed by atoms with Crippen molar-refractivity contribution in [2.45, 2.75) is 19.9 Å². The van der Waals surface area contributed by atoms with Crippen LogP contribution in [-0.2, 0) is 13.0 Å². The van der Waals surface area contributed by atoms with Crippen molar-refractivity contribution in [3.63, 3.8) is 0 Å². The number of aryl methyl sites for hydroxylation is 1. The van der Waals surface area contributed by atoms with Gasteiger partial charge >= 0.3 is 0 Å². The Morgan fingerprint density at radius 3 is 2.56 bits per heavy atom. The molecule has 0 aliphatic heterocycles. The van der Waals surface area contributed by atoms with Gasteiger partial charge in [-0.1, -0.05) is 30.7 Å². The van der Waals surface area contributed by atoms with Crippen LogP contribution in [0.15, 0.2) is 42.6 Å². The molecule has 0 spiro atoms. The number of carbonyl (C=O) groups excluding carboxylic acids is 1. The third-order valence-corrected chi connectivity index (χ3v) is 4.33. The van der Waals surface area contributed by atoms with Gasteiger partial charge in [0.25, 0.3) is 5.91 Å². The lowest BCUT2D eigenvalue weighted by molar-refractivity contribution is 0.0944. The Kier molecular flexibility index (Phi) is 4.95. The molecule has 2 heterocycles. The minimum Gasteiger partial charge on any atom is -0.378 e. The molecule has 0 radical (unpaired) electrons. The molecule has 25 heavy (non-hydrogen) atoms. The van der Waals surface area contributed by atoms with E-state index in [0.29, 0.717) is 23.7 Å². The van der Waals surface area contributed by atoms with Crippen molar-refractivity contribution in [1.29, 1.82) is 0 Å². The predicted octanol–water partition coefficient (Wildman–Crippen LogP) is 3.55. The summed E-state index contributed by atoms with van der Waals surface area (Å²) >= 11 is 6.08. The van der Waals surface area contributed by atoms with E-state index in [9.17, 15) is 4.79 Å². The zero-order chi connectivity index (χ0) is 18.0. The molecule has 0 atom stereocenters. The molecule has 1 N–H and O–H groups in total. The summed E-state index contributed by atoms with van der Waals surface area (Å²) in [4.78, 5) is 19.3. The maximum atomic E-state index is 12.7. The first-order chi connectivity index (χ1) is 12.0. The molecule has 6 heteroatoms. The van der Waals surface area contributed by atoms with Gasteiger partial charge in [0.2, 0.25) is 0 Å². The summed E-state index contributed by atoms with van der Waals surface area (Å²) in [6, 6.07) is 11.7. The summed E-state index contributed by atoms with van der Waals surface area (Å²) in [6.45, 7) is 2.45. The summed E-state index contributed by atoms with van der Waals surface area (Å²) in [5.74, 6) is -0.150. The van der Waals surface area contributed by atoms with Crippen LogP contribution in [0.5, 0.6) is 0 Å². The lowest BCUT2D eigenvalue weighted by atomic mass is 10.2. The summed E-state index contributed by atoms with van der Waals surface area (Å²) in [5, 5.41) is 3.55. The molecule has 0 saturated carbocycles. The summed E-state index contributed by atoms with van der Waals surface area (Å²) in [6.07, 6.45) is 2.41. The standard InChI is InChI=1S/C19H21ClN4O/c1-4-16-18(24-12-14(20)7-10-17(24)22-16)19(25)21-11-13-5-8-15(9-6-13)23(2)3/h5-10,12H,4,11H2,1-3H3,(H,21,25). The topological polar surface area (TPSA) is 49.6 Å². The van der Waals surface area contributed by atoms with Crippen molar-refractivity contribution in [3.8, 4) is 0 Å². The zero-order valence-electron chi connectivity index (χ0n) is 14.6. The number of hydrogen-bond donors (Lipinski definition) is 1. The van der Waals surface area contributed by atoms with Crippen LogP contribution in [-0.4, -0.2) is 29.4 Å². The van der Waals surface area contributed by atoms with Gasteiger partial charge in [0.15, 0.2) is 0 Å². The highest BCUT2D eigenvalue weighted by molar-refractivity contribution is 6.30. The maximum absolute atomic E-state index is 12.7. The second-order valence-electron chi connectivity index (χ2n) is 6.08. The first-order valence-corrected chi connectivity index (χ1v) is 8.58. The molecule has 0 unspecified atom stereocenters. The lowest BCUT2D eigenvalue weighted by Gasteiger charge is -2.13. The number of pyridine rings is 1. The average molecular weight is 357 g/mol. The Morgan fingerprint density at radius 1 is 1.20 bits per heavy atom. The van der Waals surface area contributed by atoms with Gasteiger partial charge in [0.1, 0.15) is 11.3 Å². The largest absolute Gasteiger partial charge is 0.378 e. The molecule has 5 nitrogen and oxygen atoms in total. The summed E-state index contributed by atoms with van der Waals surface area (Å²) in [7, 11) is 4.00. The number of nitrogens with one attached hydrogen (secondary N) is 1. The number of anilines is 1. The SMILES string of the molecule is CCc1nc2ccc(Cl)cn2c1C(=O)NCc1ccc(N(C)C)cc1. The summed E-state index contributed by atoms with van der Waals surface area (Å²) < 4.78 is 1.76. The first kappa shape index (κ1) is 17.3. The zero-order valence-corrected chi connectivity index (χ0v) is 15.3. The molecular weight excluding hydrogens is 336 g/mol. The predicted molar refractivity (Wildman–Crippen MR) is 102 cm³/mol. The Morgan fingerprint density at radius 2 is 1.92 bits per heavy atom. The molecule has 3 aromatic rings. The molecule has 0 aliphatic rings. The normalized spacial score (nSPS) is 10.9. The minimum absolute atomic E-state index is 0.150. The fourth-order valence-electron chi connectivity index (χ4n) is 2.73. The summed E-state index contributed by atoms with van der Waals surface area (Å²) in [5.41, 5.74) is 4.21. The van der Waals surface area contributed by atoms with Crippen LogP contribution in [0.3, 0.4) is 0 Å². The van der Waals surface area contributed by atoms with E-state index >= 15 is 0 Å². The molecule has 2 aromatic heterocycles. The number of aromatic nitrogens is 2. The number of fused-ring (bicyclic) bond motifs is 1. The van der Waals surface area contributed by atoms with Crippen molar-refractivity contribution in [3.05, 3.63) is 64.6 Å². The van der Waals surface area contributed by atoms with E-state index in [1.807, 2.05) is 56.3 Å². The van der Waals surface area contributed by atoms with Crippen molar-refractivity contribution in [2.24, 2.45) is 0 Å². The second-order valence-corrected chi connectivity index (χ2v) is 6.52. The molecule has 1 aromatic carbocycles. The van der Waals surface area contributed by atoms with Gasteiger partial charge in [-0.2, -0.15) is 0 Å². The van der Waals surface area contributed by atoms with Gasteiger partial charge in [0.05, 0.1) is 10.7 Å². The number of carbonyl (C=O) groups is 1. The quantitative estimate of drug-likeness (QED) is 0.760. The van der Waals surface area contributed by atoms with Crippen LogP contribution in [0.2, 0.25) is 5.02 Å². The third kappa shape index (κ3) is 3.61. The molecule has 0 fully saturated rings. The molecule has 0 aliphatic carbocycles. The van der Waals surface area contributed by atoms with Crippen molar-refractivity contribution in [2.75, 3.05) is 19.0 Å². The molecule has 0 bridgehead atoms. The molecular formula is C19H21ClN4O. The minimum atomic E-state index is -0.150. The smallest absolute Gasteiger partial charge is 0.270 e. The maximum Gasteiger partial charge on any atom is 0.270 e. The monoisotopic (exact) mass is 356 g/mol. The van der Waals surface area contributed by atoms with Crippen LogP contribution in [0.25, 0.3) is 5.65 Å². The number of amides is 1. The molecule has 130 valence electrons. The van der Waals surface area contributed by atoms with Gasteiger partial charge in [-0.15, -0.1) is 0 Å². The van der Waals surface area contributed by atoms with Crippen molar-refractivity contribution < 1.29 is 4.79 Å². The first-order valence-electron chi connectivity index (χ1n) is 8.20. The Labute approximate surface area is 152 Å². The molecule has 3 rings (SSSR count). The lowest BCUT2D eigenvalue weighted by Crippen LogP contribution is -2.25. The number of benzene rings is 1. The van der Waals surface area contributed by atoms with Gasteiger partial charge < -0.3 is 10.2 Å². The highest BCUT2D eigenvalue weighted by atomic mass is 35.5. The van der Waals surface area contributed by atoms with E-state index in [1.54, 1.807) is 16.7 Å². The highest BCUT2D eigenvalue weighted by Gasteiger charge is 2.18. The van der Waals surface area contributed by atoms with Crippen LogP contribution >= 0.6 is 11.6 Å². The average Bonchev–Trinajstić information content (AvgIpc) is 2.97. The Bertz CT molecular complexity index is 900. The van der Waals surface area contributed by atoms with Crippen molar-refractivity contribution in [1.82, 2.24) is 14.7 Å². The van der Waals surface area contributed by atoms with Crippen LogP contribution in [0.1, 0.15) is 28.7 Å². The number of hydrogen-bond acceptors (Lipinski definition) is 3. The van der Waals surface area contributed by atoms with E-state index in [1.165, 1.54) is 0 Å². The van der Waals surface area contributed by atoms with Gasteiger partial charge in [-0.25, -0.2) is 4.98 Å². The fourth-order valence-corrected chi connectivity index (χ4v) is 2.89.